The summed E-state index contributed by atoms with van der Waals surface area (Å²) < 4.78 is 2.19. The van der Waals surface area contributed by atoms with Crippen molar-refractivity contribution in [2.75, 3.05) is 5.75 Å². The van der Waals surface area contributed by atoms with Gasteiger partial charge in [0.2, 0.25) is 0 Å². The third-order valence-electron chi connectivity index (χ3n) is 3.00. The molecule has 0 bridgehead atoms. The largest absolute Gasteiger partial charge is 0.481 e. The zero-order valence-electron chi connectivity index (χ0n) is 12.1. The number of hydrogen-bond donors (Lipinski definition) is 1. The van der Waals surface area contributed by atoms with Crippen molar-refractivity contribution in [1.82, 2.24) is 9.55 Å². The standard InChI is InChI=1S/C14H24N2O2S/c1-4-5-6-7-8-16-12(11(2)3)9-15-14(16)19-10-13(17)18/h9,11H,4-8,10H2,1-3H3,(H,17,18). The van der Waals surface area contributed by atoms with E-state index >= 15 is 0 Å². The van der Waals surface area contributed by atoms with Crippen molar-refractivity contribution in [3.8, 4) is 0 Å². The third kappa shape index (κ3) is 5.27. The van der Waals surface area contributed by atoms with Crippen molar-refractivity contribution in [1.29, 1.82) is 0 Å². The molecule has 0 aliphatic heterocycles. The van der Waals surface area contributed by atoms with Crippen LogP contribution >= 0.6 is 11.8 Å². The van der Waals surface area contributed by atoms with Crippen LogP contribution in [0.3, 0.4) is 0 Å². The van der Waals surface area contributed by atoms with Crippen LogP contribution in [-0.4, -0.2) is 26.4 Å². The normalized spacial score (nSPS) is 11.2. The molecule has 1 aromatic heterocycles. The van der Waals surface area contributed by atoms with Crippen LogP contribution < -0.4 is 0 Å². The Labute approximate surface area is 119 Å². The summed E-state index contributed by atoms with van der Waals surface area (Å²) in [6.07, 6.45) is 6.71. The molecular formula is C14H24N2O2S. The SMILES string of the molecule is CCCCCCn1c(C(C)C)cnc1SCC(=O)O. The van der Waals surface area contributed by atoms with E-state index in [9.17, 15) is 4.79 Å². The lowest BCUT2D eigenvalue weighted by Gasteiger charge is -2.13. The quantitative estimate of drug-likeness (QED) is 0.554. The van der Waals surface area contributed by atoms with E-state index in [2.05, 4.69) is 30.3 Å². The van der Waals surface area contributed by atoms with Crippen LogP contribution in [0, 0.1) is 0 Å². The van der Waals surface area contributed by atoms with Crippen LogP contribution in [0.5, 0.6) is 0 Å². The Hall–Kier alpha value is -0.970. The molecule has 1 rings (SSSR count). The second kappa shape index (κ2) is 8.25. The summed E-state index contributed by atoms with van der Waals surface area (Å²) >= 11 is 1.31. The van der Waals surface area contributed by atoms with Crippen LogP contribution in [0.15, 0.2) is 11.4 Å². The molecule has 1 aromatic rings. The minimum absolute atomic E-state index is 0.0729. The molecule has 4 nitrogen and oxygen atoms in total. The number of carboxylic acids is 1. The smallest absolute Gasteiger partial charge is 0.313 e. The Morgan fingerprint density at radius 2 is 2.16 bits per heavy atom. The zero-order valence-corrected chi connectivity index (χ0v) is 12.9. The van der Waals surface area contributed by atoms with Gasteiger partial charge in [-0.15, -0.1) is 0 Å². The number of nitrogens with zero attached hydrogens (tertiary/aromatic N) is 2. The van der Waals surface area contributed by atoms with E-state index in [0.717, 1.165) is 18.1 Å². The number of carboxylic acid groups (broad SMARTS) is 1. The Kier molecular flexibility index (Phi) is 6.99. The van der Waals surface area contributed by atoms with Crippen LogP contribution in [0.1, 0.15) is 58.1 Å². The first-order valence-electron chi connectivity index (χ1n) is 6.96. The van der Waals surface area contributed by atoms with E-state index in [4.69, 9.17) is 5.11 Å². The molecule has 0 fully saturated rings. The Morgan fingerprint density at radius 1 is 1.42 bits per heavy atom. The second-order valence-electron chi connectivity index (χ2n) is 5.02. The van der Waals surface area contributed by atoms with Crippen LogP contribution in [0.25, 0.3) is 0 Å². The number of aromatic nitrogens is 2. The molecule has 5 heteroatoms. The summed E-state index contributed by atoms with van der Waals surface area (Å²) in [7, 11) is 0. The lowest BCUT2D eigenvalue weighted by Crippen LogP contribution is -2.07. The van der Waals surface area contributed by atoms with Crippen molar-refractivity contribution in [3.05, 3.63) is 11.9 Å². The lowest BCUT2D eigenvalue weighted by molar-refractivity contribution is -0.133. The molecule has 0 saturated carbocycles. The highest BCUT2D eigenvalue weighted by molar-refractivity contribution is 7.99. The van der Waals surface area contributed by atoms with Gasteiger partial charge in [0.05, 0.1) is 5.75 Å². The van der Waals surface area contributed by atoms with Gasteiger partial charge < -0.3 is 9.67 Å². The van der Waals surface area contributed by atoms with Gasteiger partial charge in [0.15, 0.2) is 5.16 Å². The highest BCUT2D eigenvalue weighted by Crippen LogP contribution is 2.24. The van der Waals surface area contributed by atoms with E-state index in [1.165, 1.54) is 36.7 Å². The van der Waals surface area contributed by atoms with Gasteiger partial charge in [0.1, 0.15) is 0 Å². The zero-order chi connectivity index (χ0) is 14.3. The average Bonchev–Trinajstić information content (AvgIpc) is 2.75. The molecule has 0 radical (unpaired) electrons. The van der Waals surface area contributed by atoms with Gasteiger partial charge in [-0.2, -0.15) is 0 Å². The number of rotatable bonds is 9. The maximum absolute atomic E-state index is 10.7. The van der Waals surface area contributed by atoms with Gasteiger partial charge in [-0.25, -0.2) is 4.98 Å². The van der Waals surface area contributed by atoms with Crippen LogP contribution in [-0.2, 0) is 11.3 Å². The molecule has 108 valence electrons. The topological polar surface area (TPSA) is 55.1 Å². The van der Waals surface area contributed by atoms with Gasteiger partial charge in [0.25, 0.3) is 0 Å². The first-order chi connectivity index (χ1) is 9.06. The summed E-state index contributed by atoms with van der Waals surface area (Å²) in [5.41, 5.74) is 1.20. The number of thioether (sulfide) groups is 1. The summed E-state index contributed by atoms with van der Waals surface area (Å²) in [6, 6.07) is 0. The molecule has 1 N–H and O–H groups in total. The van der Waals surface area contributed by atoms with Gasteiger partial charge in [-0.1, -0.05) is 51.8 Å². The predicted molar refractivity (Wildman–Crippen MR) is 78.8 cm³/mol. The van der Waals surface area contributed by atoms with Crippen LogP contribution in [0.2, 0.25) is 0 Å². The van der Waals surface area contributed by atoms with Gasteiger partial charge >= 0.3 is 5.97 Å². The first kappa shape index (κ1) is 16.1. The molecular weight excluding hydrogens is 260 g/mol. The fourth-order valence-electron chi connectivity index (χ4n) is 1.99. The maximum Gasteiger partial charge on any atom is 0.313 e. The van der Waals surface area contributed by atoms with Crippen molar-refractivity contribution >= 4 is 17.7 Å². The molecule has 0 saturated heterocycles. The molecule has 0 aliphatic rings. The highest BCUT2D eigenvalue weighted by Gasteiger charge is 2.13. The molecule has 0 aliphatic carbocycles. The van der Waals surface area contributed by atoms with Crippen molar-refractivity contribution < 1.29 is 9.90 Å². The molecule has 0 atom stereocenters. The van der Waals surface area contributed by atoms with E-state index in [-0.39, 0.29) is 5.75 Å². The molecule has 0 spiro atoms. The number of imidazole rings is 1. The second-order valence-corrected chi connectivity index (χ2v) is 5.96. The third-order valence-corrected chi connectivity index (χ3v) is 3.98. The highest BCUT2D eigenvalue weighted by atomic mass is 32.2. The van der Waals surface area contributed by atoms with Gasteiger partial charge in [0, 0.05) is 18.4 Å². The average molecular weight is 284 g/mol. The summed E-state index contributed by atoms with van der Waals surface area (Å²) in [5, 5.41) is 9.61. The number of carbonyl (C=O) groups is 1. The van der Waals surface area contributed by atoms with Gasteiger partial charge in [-0.3, -0.25) is 4.79 Å². The van der Waals surface area contributed by atoms with Gasteiger partial charge in [-0.05, 0) is 12.3 Å². The Morgan fingerprint density at radius 3 is 2.74 bits per heavy atom. The molecule has 19 heavy (non-hydrogen) atoms. The van der Waals surface area contributed by atoms with E-state index < -0.39 is 5.97 Å². The minimum atomic E-state index is -0.795. The summed E-state index contributed by atoms with van der Waals surface area (Å²) in [5.74, 6) is -0.307. The fraction of sp³-hybridized carbons (Fsp3) is 0.714. The number of aliphatic carboxylic acids is 1. The molecule has 0 aromatic carbocycles. The molecule has 1 heterocycles. The van der Waals surface area contributed by atoms with Crippen molar-refractivity contribution in [3.63, 3.8) is 0 Å². The maximum atomic E-state index is 10.7. The van der Waals surface area contributed by atoms with E-state index in [0.29, 0.717) is 5.92 Å². The lowest BCUT2D eigenvalue weighted by atomic mass is 10.1. The van der Waals surface area contributed by atoms with E-state index in [1.807, 2.05) is 6.20 Å². The Bertz CT molecular complexity index is 402. The number of hydrogen-bond acceptors (Lipinski definition) is 3. The van der Waals surface area contributed by atoms with Crippen molar-refractivity contribution in [2.45, 2.75) is 64.1 Å². The summed E-state index contributed by atoms with van der Waals surface area (Å²) in [6.45, 7) is 7.43. The fourth-order valence-corrected chi connectivity index (χ4v) is 2.73. The number of unbranched alkanes of at least 4 members (excludes halogenated alkanes) is 3. The van der Waals surface area contributed by atoms with Crippen molar-refractivity contribution in [2.24, 2.45) is 0 Å². The first-order valence-corrected chi connectivity index (χ1v) is 7.94. The predicted octanol–water partition coefficient (Wildman–Crippen LogP) is 3.76. The summed E-state index contributed by atoms with van der Waals surface area (Å²) in [4.78, 5) is 15.0. The molecule has 0 amide bonds. The molecule has 0 unspecified atom stereocenters. The minimum Gasteiger partial charge on any atom is -0.481 e. The van der Waals surface area contributed by atoms with E-state index in [1.54, 1.807) is 0 Å². The van der Waals surface area contributed by atoms with Crippen LogP contribution in [0.4, 0.5) is 0 Å². The Balaban J connectivity index is 2.70. The monoisotopic (exact) mass is 284 g/mol.